The van der Waals surface area contributed by atoms with E-state index in [2.05, 4.69) is 21.0 Å². The molecule has 6 heteroatoms. The molecule has 0 aromatic heterocycles. The number of hydrogen-bond acceptors (Lipinski definition) is 5. The largest absolute Gasteiger partial charge is 0.493 e. The van der Waals surface area contributed by atoms with E-state index in [4.69, 9.17) is 20.1 Å². The number of nitrogens with two attached hydrogens (primary N) is 1. The van der Waals surface area contributed by atoms with E-state index in [1.807, 2.05) is 0 Å². The predicted molar refractivity (Wildman–Crippen MR) is 65.6 cm³/mol. The molecule has 2 N–H and O–H groups in total. The minimum Gasteiger partial charge on any atom is -0.493 e. The Labute approximate surface area is 102 Å². The number of rotatable bonds is 4. The Morgan fingerprint density at radius 3 is 2.25 bits per heavy atom. The number of benzene rings is 1. The third kappa shape index (κ3) is 2.21. The number of nitrogens with zero attached hydrogens (tertiary/aromatic N) is 1. The molecule has 1 aromatic carbocycles. The van der Waals surface area contributed by atoms with E-state index < -0.39 is 0 Å². The Balaban J connectivity index is 3.47. The van der Waals surface area contributed by atoms with Crippen molar-refractivity contribution in [3.63, 3.8) is 0 Å². The minimum absolute atomic E-state index is 0.519. The lowest BCUT2D eigenvalue weighted by molar-refractivity contribution is 0.323. The van der Waals surface area contributed by atoms with Crippen LogP contribution >= 0.6 is 15.9 Å². The zero-order chi connectivity index (χ0) is 12.1. The van der Waals surface area contributed by atoms with Gasteiger partial charge in [0, 0.05) is 5.56 Å². The molecule has 0 saturated carbocycles. The van der Waals surface area contributed by atoms with Crippen LogP contribution in [0.1, 0.15) is 5.56 Å². The molecule has 0 atom stereocenters. The number of hydrogen-bond donors (Lipinski definition) is 1. The Kier molecular flexibility index (Phi) is 4.42. The molecule has 5 nitrogen and oxygen atoms in total. The van der Waals surface area contributed by atoms with Gasteiger partial charge in [0.1, 0.15) is 0 Å². The maximum Gasteiger partial charge on any atom is 0.204 e. The van der Waals surface area contributed by atoms with Crippen molar-refractivity contribution >= 4 is 22.1 Å². The van der Waals surface area contributed by atoms with E-state index in [0.29, 0.717) is 21.7 Å². The van der Waals surface area contributed by atoms with E-state index in [-0.39, 0.29) is 0 Å². The molecular weight excluding hydrogens is 276 g/mol. The van der Waals surface area contributed by atoms with Crippen molar-refractivity contribution in [2.75, 3.05) is 21.3 Å². The maximum atomic E-state index is 5.24. The average Bonchev–Trinajstić information content (AvgIpc) is 2.31. The highest BCUT2D eigenvalue weighted by atomic mass is 79.9. The van der Waals surface area contributed by atoms with Crippen LogP contribution in [0.2, 0.25) is 0 Å². The van der Waals surface area contributed by atoms with E-state index in [1.165, 1.54) is 6.21 Å². The number of hydrazone groups is 1. The van der Waals surface area contributed by atoms with Crippen LogP contribution < -0.4 is 20.1 Å². The van der Waals surface area contributed by atoms with Crippen molar-refractivity contribution in [3.8, 4) is 17.2 Å². The fraction of sp³-hybridized carbons (Fsp3) is 0.300. The molecule has 0 heterocycles. The van der Waals surface area contributed by atoms with Crippen LogP contribution in [0, 0.1) is 0 Å². The van der Waals surface area contributed by atoms with Gasteiger partial charge >= 0.3 is 0 Å². The zero-order valence-corrected chi connectivity index (χ0v) is 10.9. The van der Waals surface area contributed by atoms with Gasteiger partial charge in [-0.05, 0) is 22.0 Å². The number of halogens is 1. The van der Waals surface area contributed by atoms with Crippen molar-refractivity contribution in [2.45, 2.75) is 0 Å². The standard InChI is InChI=1S/C10H13BrN2O3/c1-14-7-4-6(5-13-12)8(11)10(16-3)9(7)15-2/h4-5H,12H2,1-3H3. The summed E-state index contributed by atoms with van der Waals surface area (Å²) in [5.74, 6) is 6.73. The van der Waals surface area contributed by atoms with Crippen LogP contribution in [0.4, 0.5) is 0 Å². The molecule has 16 heavy (non-hydrogen) atoms. The van der Waals surface area contributed by atoms with Crippen molar-refractivity contribution in [1.82, 2.24) is 0 Å². The number of methoxy groups -OCH3 is 3. The third-order valence-electron chi connectivity index (χ3n) is 2.01. The van der Waals surface area contributed by atoms with Gasteiger partial charge in [-0.25, -0.2) is 0 Å². The van der Waals surface area contributed by atoms with E-state index in [0.717, 1.165) is 5.56 Å². The molecular formula is C10H13BrN2O3. The molecule has 0 amide bonds. The molecule has 1 rings (SSSR count). The molecule has 1 aromatic rings. The Morgan fingerprint density at radius 1 is 1.19 bits per heavy atom. The van der Waals surface area contributed by atoms with Gasteiger partial charge < -0.3 is 20.1 Å². The van der Waals surface area contributed by atoms with Gasteiger partial charge in [-0.1, -0.05) is 0 Å². The summed E-state index contributed by atoms with van der Waals surface area (Å²) in [5, 5.41) is 3.47. The first kappa shape index (κ1) is 12.6. The monoisotopic (exact) mass is 288 g/mol. The normalized spacial score (nSPS) is 10.5. The van der Waals surface area contributed by atoms with Gasteiger partial charge in [0.05, 0.1) is 32.0 Å². The smallest absolute Gasteiger partial charge is 0.204 e. The van der Waals surface area contributed by atoms with Gasteiger partial charge in [-0.2, -0.15) is 5.10 Å². The zero-order valence-electron chi connectivity index (χ0n) is 9.28. The summed E-state index contributed by atoms with van der Waals surface area (Å²) in [5.41, 5.74) is 0.747. The molecule has 0 aliphatic carbocycles. The SMILES string of the molecule is COc1cc(C=NN)c(Br)c(OC)c1OC. The van der Waals surface area contributed by atoms with Crippen molar-refractivity contribution in [1.29, 1.82) is 0 Å². The average molecular weight is 289 g/mol. The van der Waals surface area contributed by atoms with Gasteiger partial charge in [-0.15, -0.1) is 0 Å². The van der Waals surface area contributed by atoms with E-state index >= 15 is 0 Å². The van der Waals surface area contributed by atoms with Crippen LogP contribution in [0.5, 0.6) is 17.2 Å². The predicted octanol–water partition coefficient (Wildman–Crippen LogP) is 1.77. The summed E-state index contributed by atoms with van der Waals surface area (Å²) >= 11 is 3.39. The van der Waals surface area contributed by atoms with Crippen molar-refractivity contribution in [3.05, 3.63) is 16.1 Å². The molecule has 0 radical (unpaired) electrons. The van der Waals surface area contributed by atoms with E-state index in [9.17, 15) is 0 Å². The first-order valence-electron chi connectivity index (χ1n) is 4.41. The van der Waals surface area contributed by atoms with E-state index in [1.54, 1.807) is 27.4 Å². The van der Waals surface area contributed by atoms with Gasteiger partial charge in [-0.3, -0.25) is 0 Å². The van der Waals surface area contributed by atoms with Gasteiger partial charge in [0.2, 0.25) is 5.75 Å². The lowest BCUT2D eigenvalue weighted by Gasteiger charge is -2.14. The molecule has 0 spiro atoms. The topological polar surface area (TPSA) is 66.1 Å². The summed E-state index contributed by atoms with van der Waals surface area (Å²) < 4.78 is 16.4. The molecule has 0 unspecified atom stereocenters. The van der Waals surface area contributed by atoms with Crippen molar-refractivity contribution < 1.29 is 14.2 Å². The fourth-order valence-electron chi connectivity index (χ4n) is 1.31. The second-order valence-electron chi connectivity index (χ2n) is 2.83. The summed E-state index contributed by atoms with van der Waals surface area (Å²) in [7, 11) is 4.64. The third-order valence-corrected chi connectivity index (χ3v) is 2.83. The van der Waals surface area contributed by atoms with Crippen molar-refractivity contribution in [2.24, 2.45) is 10.9 Å². The summed E-state index contributed by atoms with van der Waals surface area (Å²) in [6.07, 6.45) is 1.49. The molecule has 0 aliphatic heterocycles. The quantitative estimate of drug-likeness (QED) is 0.521. The summed E-state index contributed by atoms with van der Waals surface area (Å²) in [4.78, 5) is 0. The first-order valence-corrected chi connectivity index (χ1v) is 5.20. The van der Waals surface area contributed by atoms with Crippen LogP contribution in [0.3, 0.4) is 0 Å². The van der Waals surface area contributed by atoms with Crippen LogP contribution in [-0.4, -0.2) is 27.5 Å². The van der Waals surface area contributed by atoms with Gasteiger partial charge in [0.25, 0.3) is 0 Å². The molecule has 0 saturated heterocycles. The lowest BCUT2D eigenvalue weighted by Crippen LogP contribution is -1.99. The summed E-state index contributed by atoms with van der Waals surface area (Å²) in [6.45, 7) is 0. The molecule has 0 fully saturated rings. The highest BCUT2D eigenvalue weighted by molar-refractivity contribution is 9.10. The lowest BCUT2D eigenvalue weighted by atomic mass is 10.2. The fourth-order valence-corrected chi connectivity index (χ4v) is 1.87. The highest BCUT2D eigenvalue weighted by Gasteiger charge is 2.17. The summed E-state index contributed by atoms with van der Waals surface area (Å²) in [6, 6.07) is 1.75. The van der Waals surface area contributed by atoms with Crippen LogP contribution in [-0.2, 0) is 0 Å². The van der Waals surface area contributed by atoms with Crippen LogP contribution in [0.25, 0.3) is 0 Å². The first-order chi connectivity index (χ1) is 7.69. The Hall–Kier alpha value is -1.43. The molecule has 0 aliphatic rings. The Morgan fingerprint density at radius 2 is 1.81 bits per heavy atom. The second-order valence-corrected chi connectivity index (χ2v) is 3.62. The second kappa shape index (κ2) is 5.60. The maximum absolute atomic E-state index is 5.24. The Bertz CT molecular complexity index is 408. The van der Waals surface area contributed by atoms with Crippen LogP contribution in [0.15, 0.2) is 15.6 Å². The highest BCUT2D eigenvalue weighted by Crippen LogP contribution is 2.44. The molecule has 88 valence electrons. The minimum atomic E-state index is 0.519. The molecule has 0 bridgehead atoms. The number of ether oxygens (including phenoxy) is 3. The van der Waals surface area contributed by atoms with Gasteiger partial charge in [0.15, 0.2) is 11.5 Å².